The molecule has 4 heteroatoms. The molecular weight excluding hydrogens is 621 g/mol. The summed E-state index contributed by atoms with van der Waals surface area (Å²) in [5.41, 5.74) is 14.2. The van der Waals surface area contributed by atoms with E-state index in [1.165, 1.54) is 11.1 Å². The summed E-state index contributed by atoms with van der Waals surface area (Å²) >= 11 is 0. The number of benzene rings is 6. The smallest absolute Gasteiger partial charge is 0.160 e. The van der Waals surface area contributed by atoms with Crippen LogP contribution >= 0.6 is 0 Å². The van der Waals surface area contributed by atoms with Gasteiger partial charge in [-0.25, -0.2) is 15.0 Å². The molecule has 4 nitrogen and oxygen atoms in total. The lowest BCUT2D eigenvalue weighted by Gasteiger charge is -2.13. The Kier molecular flexibility index (Phi) is 7.67. The summed E-state index contributed by atoms with van der Waals surface area (Å²) in [7, 11) is 0. The first-order chi connectivity index (χ1) is 25.2. The van der Waals surface area contributed by atoms with Crippen LogP contribution in [0, 0.1) is 6.92 Å². The molecule has 6 aromatic carbocycles. The zero-order chi connectivity index (χ0) is 34.1. The number of fused-ring (bicyclic) bond motifs is 3. The Morgan fingerprint density at radius 3 is 1.47 bits per heavy atom. The summed E-state index contributed by atoms with van der Waals surface area (Å²) in [5.74, 6) is 0.685. The van der Waals surface area contributed by atoms with Gasteiger partial charge in [-0.15, -0.1) is 0 Å². The number of pyridine rings is 2. The van der Waals surface area contributed by atoms with E-state index in [0.717, 1.165) is 78.0 Å². The molecule has 3 heterocycles. The van der Waals surface area contributed by atoms with Crippen molar-refractivity contribution in [2.24, 2.45) is 0 Å². The van der Waals surface area contributed by atoms with E-state index in [1.54, 1.807) is 0 Å². The number of aromatic nitrogens is 4. The quantitative estimate of drug-likeness (QED) is 0.168. The van der Waals surface area contributed by atoms with Gasteiger partial charge in [-0.2, -0.15) is 0 Å². The van der Waals surface area contributed by atoms with Gasteiger partial charge in [-0.05, 0) is 47.4 Å². The van der Waals surface area contributed by atoms with Crippen molar-refractivity contribution in [3.05, 3.63) is 182 Å². The number of hydrogen-bond acceptors (Lipinski definition) is 4. The molecule has 0 spiro atoms. The van der Waals surface area contributed by atoms with Crippen molar-refractivity contribution >= 4 is 21.8 Å². The molecule has 0 bridgehead atoms. The van der Waals surface area contributed by atoms with Crippen molar-refractivity contribution in [3.63, 3.8) is 0 Å². The summed E-state index contributed by atoms with van der Waals surface area (Å²) in [4.78, 5) is 20.3. The standard InChI is InChI=1S/C47H32N4/c1-31-29-41(40-27-25-38-26-28-42(35-13-7-3-8-14-35)49-45(38)46(40)48-31)34-19-23-39(24-20-34)47-50-43(36-15-9-4-10-16-36)30-44(51-47)37-21-17-33(18-22-37)32-11-5-2-6-12-32/h2-30H,1H3. The lowest BCUT2D eigenvalue weighted by Crippen LogP contribution is -1.96. The second-order valence-electron chi connectivity index (χ2n) is 12.8. The highest BCUT2D eigenvalue weighted by Gasteiger charge is 2.14. The number of rotatable bonds is 6. The van der Waals surface area contributed by atoms with Crippen LogP contribution in [0.15, 0.2) is 176 Å². The van der Waals surface area contributed by atoms with Crippen LogP contribution in [-0.2, 0) is 0 Å². The predicted molar refractivity (Wildman–Crippen MR) is 210 cm³/mol. The molecule has 240 valence electrons. The van der Waals surface area contributed by atoms with Gasteiger partial charge in [0.1, 0.15) is 0 Å². The third-order valence-corrected chi connectivity index (χ3v) is 9.37. The van der Waals surface area contributed by atoms with Gasteiger partial charge in [-0.1, -0.05) is 158 Å². The van der Waals surface area contributed by atoms with E-state index >= 15 is 0 Å². The first-order valence-corrected chi connectivity index (χ1v) is 17.1. The van der Waals surface area contributed by atoms with Gasteiger partial charge in [0, 0.05) is 38.7 Å². The zero-order valence-electron chi connectivity index (χ0n) is 28.0. The van der Waals surface area contributed by atoms with Crippen molar-refractivity contribution in [2.45, 2.75) is 6.92 Å². The van der Waals surface area contributed by atoms with Crippen molar-refractivity contribution < 1.29 is 0 Å². The third kappa shape index (κ3) is 5.94. The van der Waals surface area contributed by atoms with E-state index in [9.17, 15) is 0 Å². The Bertz CT molecular complexity index is 2650. The number of nitrogens with zero attached hydrogens (tertiary/aromatic N) is 4. The molecule has 9 aromatic rings. The second kappa shape index (κ2) is 12.9. The topological polar surface area (TPSA) is 51.6 Å². The van der Waals surface area contributed by atoms with E-state index in [-0.39, 0.29) is 0 Å². The Labute approximate surface area is 296 Å². The van der Waals surface area contributed by atoms with Crippen LogP contribution in [0.5, 0.6) is 0 Å². The summed E-state index contributed by atoms with van der Waals surface area (Å²) in [6.45, 7) is 2.05. The fourth-order valence-corrected chi connectivity index (χ4v) is 6.75. The van der Waals surface area contributed by atoms with E-state index in [0.29, 0.717) is 5.82 Å². The molecule has 0 aliphatic rings. The van der Waals surface area contributed by atoms with Crippen molar-refractivity contribution in [2.75, 3.05) is 0 Å². The Morgan fingerprint density at radius 1 is 0.333 bits per heavy atom. The summed E-state index contributed by atoms with van der Waals surface area (Å²) < 4.78 is 0. The van der Waals surface area contributed by atoms with Crippen molar-refractivity contribution in [1.29, 1.82) is 0 Å². The lowest BCUT2D eigenvalue weighted by atomic mass is 9.97. The molecule has 51 heavy (non-hydrogen) atoms. The van der Waals surface area contributed by atoms with Gasteiger partial charge in [-0.3, -0.25) is 4.98 Å². The maximum Gasteiger partial charge on any atom is 0.160 e. The lowest BCUT2D eigenvalue weighted by molar-refractivity contribution is 1.18. The van der Waals surface area contributed by atoms with E-state index in [2.05, 4.69) is 133 Å². The molecule has 9 rings (SSSR count). The van der Waals surface area contributed by atoms with E-state index in [4.69, 9.17) is 19.9 Å². The zero-order valence-corrected chi connectivity index (χ0v) is 28.0. The van der Waals surface area contributed by atoms with E-state index in [1.807, 2.05) is 49.4 Å². The van der Waals surface area contributed by atoms with E-state index < -0.39 is 0 Å². The van der Waals surface area contributed by atoms with Crippen LogP contribution in [0.25, 0.3) is 89.2 Å². The molecular formula is C47H32N4. The normalized spacial score (nSPS) is 11.2. The fraction of sp³-hybridized carbons (Fsp3) is 0.0213. The van der Waals surface area contributed by atoms with Gasteiger partial charge < -0.3 is 0 Å². The highest BCUT2D eigenvalue weighted by molar-refractivity contribution is 6.08. The van der Waals surface area contributed by atoms with Crippen LogP contribution in [0.2, 0.25) is 0 Å². The van der Waals surface area contributed by atoms with Crippen LogP contribution in [-0.4, -0.2) is 19.9 Å². The molecule has 0 atom stereocenters. The molecule has 0 amide bonds. The minimum Gasteiger partial charge on any atom is -0.251 e. The average Bonchev–Trinajstić information content (AvgIpc) is 3.21. The number of aryl methyl sites for hydroxylation is 1. The molecule has 0 aliphatic heterocycles. The highest BCUT2D eigenvalue weighted by Crippen LogP contribution is 2.35. The predicted octanol–water partition coefficient (Wildman–Crippen LogP) is 11.9. The minimum absolute atomic E-state index is 0.685. The SMILES string of the molecule is Cc1cc(-c2ccc(-c3nc(-c4ccccc4)cc(-c4ccc(-c5ccccc5)cc4)n3)cc2)c2ccc3ccc(-c4ccccc4)nc3c2n1. The molecule has 0 saturated heterocycles. The first-order valence-electron chi connectivity index (χ1n) is 17.1. The van der Waals surface area contributed by atoms with Gasteiger partial charge in [0.15, 0.2) is 5.82 Å². The molecule has 0 N–H and O–H groups in total. The Balaban J connectivity index is 1.11. The molecule has 3 aromatic heterocycles. The van der Waals surface area contributed by atoms with Crippen LogP contribution in [0.1, 0.15) is 5.69 Å². The monoisotopic (exact) mass is 652 g/mol. The summed E-state index contributed by atoms with van der Waals surface area (Å²) in [5, 5.41) is 2.14. The average molecular weight is 653 g/mol. The molecule has 0 radical (unpaired) electrons. The number of hydrogen-bond donors (Lipinski definition) is 0. The Morgan fingerprint density at radius 2 is 0.824 bits per heavy atom. The van der Waals surface area contributed by atoms with Crippen LogP contribution < -0.4 is 0 Å². The second-order valence-corrected chi connectivity index (χ2v) is 12.8. The Hall–Kier alpha value is -6.78. The van der Waals surface area contributed by atoms with Crippen LogP contribution in [0.4, 0.5) is 0 Å². The maximum atomic E-state index is 5.11. The third-order valence-electron chi connectivity index (χ3n) is 9.37. The molecule has 0 saturated carbocycles. The van der Waals surface area contributed by atoms with Crippen molar-refractivity contribution in [3.8, 4) is 67.4 Å². The van der Waals surface area contributed by atoms with Gasteiger partial charge in [0.2, 0.25) is 0 Å². The van der Waals surface area contributed by atoms with Gasteiger partial charge in [0.05, 0.1) is 28.1 Å². The molecule has 0 fully saturated rings. The first kappa shape index (κ1) is 30.3. The van der Waals surface area contributed by atoms with Crippen molar-refractivity contribution in [1.82, 2.24) is 19.9 Å². The molecule has 0 aliphatic carbocycles. The minimum atomic E-state index is 0.685. The fourth-order valence-electron chi connectivity index (χ4n) is 6.75. The van der Waals surface area contributed by atoms with Gasteiger partial charge in [0.25, 0.3) is 0 Å². The summed E-state index contributed by atoms with van der Waals surface area (Å²) in [6.07, 6.45) is 0. The maximum absolute atomic E-state index is 5.11. The summed E-state index contributed by atoms with van der Waals surface area (Å²) in [6, 6.07) is 61.0. The van der Waals surface area contributed by atoms with Crippen LogP contribution in [0.3, 0.4) is 0 Å². The van der Waals surface area contributed by atoms with Gasteiger partial charge >= 0.3 is 0 Å². The largest absolute Gasteiger partial charge is 0.251 e. The molecule has 0 unspecified atom stereocenters. The highest BCUT2D eigenvalue weighted by atomic mass is 14.9.